The van der Waals surface area contributed by atoms with Gasteiger partial charge in [0, 0.05) is 17.1 Å². The van der Waals surface area contributed by atoms with Crippen LogP contribution in [0.4, 0.5) is 5.69 Å². The lowest BCUT2D eigenvalue weighted by atomic mass is 10.2. The monoisotopic (exact) mass is 411 g/mol. The fraction of sp³-hybridized carbons (Fsp3) is 0.238. The maximum absolute atomic E-state index is 12.4. The van der Waals surface area contributed by atoms with Gasteiger partial charge in [-0.3, -0.25) is 9.59 Å². The highest BCUT2D eigenvalue weighted by atomic mass is 32.2. The molecule has 1 heterocycles. The van der Waals surface area contributed by atoms with Gasteiger partial charge in [0.15, 0.2) is 6.61 Å². The summed E-state index contributed by atoms with van der Waals surface area (Å²) in [6, 6.07) is 12.2. The van der Waals surface area contributed by atoms with Gasteiger partial charge in [0.2, 0.25) is 0 Å². The van der Waals surface area contributed by atoms with Gasteiger partial charge in [-0.25, -0.2) is 9.78 Å². The molecule has 0 fully saturated rings. The lowest BCUT2D eigenvalue weighted by molar-refractivity contribution is -0.119. The molecular weight excluding hydrogens is 390 g/mol. The Morgan fingerprint density at radius 3 is 2.72 bits per heavy atom. The maximum Gasteiger partial charge on any atom is 0.338 e. The van der Waals surface area contributed by atoms with Crippen LogP contribution in [0, 0.1) is 6.92 Å². The summed E-state index contributed by atoms with van der Waals surface area (Å²) in [5.41, 5.74) is 2.28. The lowest BCUT2D eigenvalue weighted by Crippen LogP contribution is -2.23. The Kier molecular flexibility index (Phi) is 6.33. The van der Waals surface area contributed by atoms with E-state index in [0.29, 0.717) is 29.0 Å². The van der Waals surface area contributed by atoms with Crippen molar-refractivity contribution in [3.8, 4) is 0 Å². The predicted molar refractivity (Wildman–Crippen MR) is 114 cm³/mol. The van der Waals surface area contributed by atoms with E-state index >= 15 is 0 Å². The highest BCUT2D eigenvalue weighted by Gasteiger charge is 2.14. The van der Waals surface area contributed by atoms with Crippen molar-refractivity contribution < 1.29 is 14.3 Å². The molecule has 29 heavy (non-hydrogen) atoms. The van der Waals surface area contributed by atoms with Crippen LogP contribution in [-0.2, 0) is 16.1 Å². The number of fused-ring (bicyclic) bond motifs is 1. The first-order valence-corrected chi connectivity index (χ1v) is 10.3. The average molecular weight is 411 g/mol. The summed E-state index contributed by atoms with van der Waals surface area (Å²) in [4.78, 5) is 41.9. The molecule has 3 rings (SSSR count). The van der Waals surface area contributed by atoms with Gasteiger partial charge in [0.1, 0.15) is 5.69 Å². The molecule has 0 aliphatic rings. The number of aromatic nitrogens is 2. The summed E-state index contributed by atoms with van der Waals surface area (Å²) >= 11 is 1.57. The van der Waals surface area contributed by atoms with Crippen molar-refractivity contribution in [2.24, 2.45) is 0 Å². The van der Waals surface area contributed by atoms with Crippen molar-refractivity contribution >= 4 is 40.4 Å². The van der Waals surface area contributed by atoms with E-state index in [2.05, 4.69) is 10.3 Å². The van der Waals surface area contributed by atoms with Crippen molar-refractivity contribution in [2.45, 2.75) is 25.3 Å². The van der Waals surface area contributed by atoms with Crippen LogP contribution >= 0.6 is 11.8 Å². The number of benzene rings is 2. The number of carbonyl (C=O) groups excluding carboxylic acids is 2. The Balaban J connectivity index is 1.70. The molecule has 1 aromatic heterocycles. The second-order valence-electron chi connectivity index (χ2n) is 6.31. The average Bonchev–Trinajstić information content (AvgIpc) is 2.72. The van der Waals surface area contributed by atoms with Crippen molar-refractivity contribution in [2.75, 3.05) is 18.2 Å². The highest BCUT2D eigenvalue weighted by Crippen LogP contribution is 2.19. The normalized spacial score (nSPS) is 10.7. The first-order chi connectivity index (χ1) is 13.9. The van der Waals surface area contributed by atoms with Crippen LogP contribution in [0.5, 0.6) is 0 Å². The molecule has 0 unspecified atom stereocenters. The number of rotatable bonds is 6. The van der Waals surface area contributed by atoms with E-state index in [1.807, 2.05) is 31.4 Å². The van der Waals surface area contributed by atoms with Crippen LogP contribution in [0.15, 0.2) is 52.2 Å². The van der Waals surface area contributed by atoms with Crippen LogP contribution in [0.1, 0.15) is 23.0 Å². The number of thioether (sulfide) groups is 1. The second-order valence-corrected chi connectivity index (χ2v) is 7.19. The number of nitrogens with zero attached hydrogens (tertiary/aromatic N) is 2. The zero-order chi connectivity index (χ0) is 21.0. The third kappa shape index (κ3) is 4.65. The van der Waals surface area contributed by atoms with Crippen molar-refractivity contribution in [1.82, 2.24) is 9.55 Å². The van der Waals surface area contributed by atoms with E-state index in [-0.39, 0.29) is 11.1 Å². The molecule has 0 aliphatic heterocycles. The predicted octanol–water partition coefficient (Wildman–Crippen LogP) is 3.24. The Morgan fingerprint density at radius 1 is 1.21 bits per heavy atom. The molecule has 8 heteroatoms. The molecule has 1 N–H and O–H groups in total. The number of aryl methyl sites for hydroxylation is 2. The molecule has 3 aromatic rings. The largest absolute Gasteiger partial charge is 0.452 e. The number of esters is 1. The molecule has 2 aromatic carbocycles. The number of hydrogen-bond acceptors (Lipinski definition) is 6. The molecular formula is C21H21N3O4S. The van der Waals surface area contributed by atoms with E-state index in [1.165, 1.54) is 0 Å². The third-order valence-electron chi connectivity index (χ3n) is 4.35. The van der Waals surface area contributed by atoms with Gasteiger partial charge in [-0.05, 0) is 56.5 Å². The Hall–Kier alpha value is -3.13. The summed E-state index contributed by atoms with van der Waals surface area (Å²) < 4.78 is 6.73. The van der Waals surface area contributed by atoms with Gasteiger partial charge in [0.25, 0.3) is 11.5 Å². The maximum atomic E-state index is 12.4. The Morgan fingerprint density at radius 2 is 2.00 bits per heavy atom. The summed E-state index contributed by atoms with van der Waals surface area (Å²) in [5, 5.41) is 2.70. The fourth-order valence-electron chi connectivity index (χ4n) is 2.93. The van der Waals surface area contributed by atoms with E-state index in [4.69, 9.17) is 4.74 Å². The van der Waals surface area contributed by atoms with Crippen molar-refractivity contribution in [3.05, 3.63) is 64.1 Å². The van der Waals surface area contributed by atoms with Gasteiger partial charge < -0.3 is 14.6 Å². The molecule has 0 aliphatic carbocycles. The van der Waals surface area contributed by atoms with Crippen LogP contribution in [-0.4, -0.2) is 34.3 Å². The Labute approximate surface area is 172 Å². The minimum absolute atomic E-state index is 0.155. The standard InChI is InChI=1S/C21H21N3O4S/c1-4-24-18-9-8-14(10-17(18)22-13(2)20(24)26)21(27)28-12-19(25)23-15-6-5-7-16(11-15)29-3/h5-11H,4,12H2,1-3H3,(H,23,25). The number of nitrogens with one attached hydrogen (secondary N) is 1. The second kappa shape index (κ2) is 8.91. The zero-order valence-electron chi connectivity index (χ0n) is 16.4. The number of hydrogen-bond donors (Lipinski definition) is 1. The summed E-state index contributed by atoms with van der Waals surface area (Å²) in [6.07, 6.45) is 1.95. The van der Waals surface area contributed by atoms with Gasteiger partial charge in [-0.15, -0.1) is 11.8 Å². The molecule has 0 radical (unpaired) electrons. The van der Waals surface area contributed by atoms with Crippen LogP contribution in [0.3, 0.4) is 0 Å². The smallest absolute Gasteiger partial charge is 0.338 e. The molecule has 1 amide bonds. The summed E-state index contributed by atoms with van der Waals surface area (Å²) in [5.74, 6) is -1.06. The number of carbonyl (C=O) groups is 2. The number of anilines is 1. The van der Waals surface area contributed by atoms with E-state index in [1.54, 1.807) is 47.5 Å². The van der Waals surface area contributed by atoms with Crippen LogP contribution in [0.2, 0.25) is 0 Å². The van der Waals surface area contributed by atoms with Crippen LogP contribution < -0.4 is 10.9 Å². The summed E-state index contributed by atoms with van der Waals surface area (Å²) in [7, 11) is 0. The zero-order valence-corrected chi connectivity index (χ0v) is 17.2. The molecule has 150 valence electrons. The minimum Gasteiger partial charge on any atom is -0.452 e. The number of ether oxygens (including phenoxy) is 1. The molecule has 7 nitrogen and oxygen atoms in total. The first kappa shape index (κ1) is 20.6. The molecule has 0 atom stereocenters. The third-order valence-corrected chi connectivity index (χ3v) is 5.07. The first-order valence-electron chi connectivity index (χ1n) is 9.05. The van der Waals surface area contributed by atoms with Gasteiger partial charge in [-0.1, -0.05) is 6.07 Å². The van der Waals surface area contributed by atoms with E-state index in [9.17, 15) is 14.4 Å². The quantitative estimate of drug-likeness (QED) is 0.495. The molecule has 0 bridgehead atoms. The highest BCUT2D eigenvalue weighted by molar-refractivity contribution is 7.98. The van der Waals surface area contributed by atoms with Crippen molar-refractivity contribution in [1.29, 1.82) is 0 Å². The number of amides is 1. The minimum atomic E-state index is -0.631. The lowest BCUT2D eigenvalue weighted by Gasteiger charge is -2.10. The summed E-state index contributed by atoms with van der Waals surface area (Å²) in [6.45, 7) is 3.60. The Bertz CT molecular complexity index is 1140. The molecule has 0 saturated heterocycles. The van der Waals surface area contributed by atoms with Crippen molar-refractivity contribution in [3.63, 3.8) is 0 Å². The fourth-order valence-corrected chi connectivity index (χ4v) is 3.39. The van der Waals surface area contributed by atoms with Crippen LogP contribution in [0.25, 0.3) is 11.0 Å². The topological polar surface area (TPSA) is 90.3 Å². The van der Waals surface area contributed by atoms with E-state index in [0.717, 1.165) is 4.90 Å². The van der Waals surface area contributed by atoms with Gasteiger partial charge in [-0.2, -0.15) is 0 Å². The SMILES string of the molecule is CCn1c(=O)c(C)nc2cc(C(=O)OCC(=O)Nc3cccc(SC)c3)ccc21. The van der Waals surface area contributed by atoms with Gasteiger partial charge >= 0.3 is 5.97 Å². The van der Waals surface area contributed by atoms with Gasteiger partial charge in [0.05, 0.1) is 16.6 Å². The van der Waals surface area contributed by atoms with E-state index < -0.39 is 18.5 Å². The molecule has 0 spiro atoms. The molecule has 0 saturated carbocycles.